The molecule has 0 aromatic carbocycles. The molecule has 4 heteroatoms. The van der Waals surface area contributed by atoms with E-state index in [-0.39, 0.29) is 5.97 Å². The third kappa shape index (κ3) is 2.38. The Bertz CT molecular complexity index is 377. The lowest BCUT2D eigenvalue weighted by Crippen LogP contribution is -2.54. The van der Waals surface area contributed by atoms with Gasteiger partial charge in [-0.25, -0.2) is 0 Å². The van der Waals surface area contributed by atoms with Crippen LogP contribution >= 0.6 is 11.3 Å². The Morgan fingerprint density at radius 3 is 3.06 bits per heavy atom. The van der Waals surface area contributed by atoms with Crippen LogP contribution in [-0.2, 0) is 16.1 Å². The van der Waals surface area contributed by atoms with Crippen molar-refractivity contribution in [1.29, 1.82) is 0 Å². The number of thiophene rings is 1. The van der Waals surface area contributed by atoms with Crippen molar-refractivity contribution >= 4 is 17.3 Å². The summed E-state index contributed by atoms with van der Waals surface area (Å²) in [6.45, 7) is 2.88. The maximum absolute atomic E-state index is 12.0. The van der Waals surface area contributed by atoms with Gasteiger partial charge in [-0.1, -0.05) is 19.4 Å². The number of nitrogens with one attached hydrogen (secondary N) is 1. The van der Waals surface area contributed by atoms with E-state index in [2.05, 4.69) is 23.7 Å². The normalized spacial score (nSPS) is 28.2. The lowest BCUT2D eigenvalue weighted by Gasteiger charge is -2.31. The zero-order valence-corrected chi connectivity index (χ0v) is 11.2. The van der Waals surface area contributed by atoms with Gasteiger partial charge in [0.2, 0.25) is 0 Å². The Morgan fingerprint density at radius 1 is 1.71 bits per heavy atom. The second-order valence-electron chi connectivity index (χ2n) is 4.69. The summed E-state index contributed by atoms with van der Waals surface area (Å²) < 4.78 is 4.98. The van der Waals surface area contributed by atoms with E-state index in [1.807, 2.05) is 6.07 Å². The SMILES string of the molecule is COC(=O)C1(NCc2cccs2)CCCC1C. The standard InChI is InChI=1S/C13H19NO2S/c1-10-5-3-7-13(10,12(15)16-2)14-9-11-6-4-8-17-11/h4,6,8,10,14H,3,5,7,9H2,1-2H3. The fourth-order valence-corrected chi connectivity index (χ4v) is 3.30. The molecule has 1 aromatic heterocycles. The lowest BCUT2D eigenvalue weighted by atomic mass is 9.88. The van der Waals surface area contributed by atoms with Crippen molar-refractivity contribution < 1.29 is 9.53 Å². The summed E-state index contributed by atoms with van der Waals surface area (Å²) in [5.41, 5.74) is -0.473. The van der Waals surface area contributed by atoms with Gasteiger partial charge >= 0.3 is 5.97 Å². The summed E-state index contributed by atoms with van der Waals surface area (Å²) in [7, 11) is 1.47. The van der Waals surface area contributed by atoms with Crippen LogP contribution in [0, 0.1) is 5.92 Å². The first-order chi connectivity index (χ1) is 8.19. The number of carbonyl (C=O) groups excluding carboxylic acids is 1. The van der Waals surface area contributed by atoms with Crippen molar-refractivity contribution in [2.75, 3.05) is 7.11 Å². The fourth-order valence-electron chi connectivity index (χ4n) is 2.66. The highest BCUT2D eigenvalue weighted by atomic mass is 32.1. The van der Waals surface area contributed by atoms with Crippen LogP contribution in [0.2, 0.25) is 0 Å². The Balaban J connectivity index is 2.09. The number of hydrogen-bond acceptors (Lipinski definition) is 4. The second kappa shape index (κ2) is 5.19. The Labute approximate surface area is 106 Å². The molecule has 1 saturated carbocycles. The maximum Gasteiger partial charge on any atom is 0.326 e. The molecule has 17 heavy (non-hydrogen) atoms. The van der Waals surface area contributed by atoms with Crippen molar-refractivity contribution in [2.45, 2.75) is 38.3 Å². The first-order valence-electron chi connectivity index (χ1n) is 6.05. The maximum atomic E-state index is 12.0. The number of rotatable bonds is 4. The van der Waals surface area contributed by atoms with Gasteiger partial charge in [0.1, 0.15) is 5.54 Å². The highest BCUT2D eigenvalue weighted by Gasteiger charge is 2.47. The van der Waals surface area contributed by atoms with E-state index in [1.54, 1.807) is 11.3 Å². The number of methoxy groups -OCH3 is 1. The van der Waals surface area contributed by atoms with E-state index in [1.165, 1.54) is 12.0 Å². The van der Waals surface area contributed by atoms with Crippen LogP contribution in [0.1, 0.15) is 31.1 Å². The van der Waals surface area contributed by atoms with Gasteiger partial charge in [-0.05, 0) is 30.2 Å². The van der Waals surface area contributed by atoms with Crippen LogP contribution in [0.15, 0.2) is 17.5 Å². The van der Waals surface area contributed by atoms with E-state index in [0.29, 0.717) is 5.92 Å². The smallest absolute Gasteiger partial charge is 0.326 e. The van der Waals surface area contributed by atoms with Crippen molar-refractivity contribution in [2.24, 2.45) is 5.92 Å². The second-order valence-corrected chi connectivity index (χ2v) is 5.72. The highest BCUT2D eigenvalue weighted by molar-refractivity contribution is 7.09. The van der Waals surface area contributed by atoms with Gasteiger partial charge in [0, 0.05) is 11.4 Å². The molecule has 1 fully saturated rings. The molecule has 0 saturated heterocycles. The van der Waals surface area contributed by atoms with Gasteiger partial charge in [-0.15, -0.1) is 11.3 Å². The Kier molecular flexibility index (Phi) is 3.84. The zero-order chi connectivity index (χ0) is 12.3. The Morgan fingerprint density at radius 2 is 2.53 bits per heavy atom. The van der Waals surface area contributed by atoms with E-state index < -0.39 is 5.54 Å². The highest BCUT2D eigenvalue weighted by Crippen LogP contribution is 2.36. The first-order valence-corrected chi connectivity index (χ1v) is 6.93. The van der Waals surface area contributed by atoms with Crippen molar-refractivity contribution in [3.8, 4) is 0 Å². The minimum Gasteiger partial charge on any atom is -0.468 e. The summed E-state index contributed by atoms with van der Waals surface area (Å²) in [5, 5.41) is 5.49. The van der Waals surface area contributed by atoms with Gasteiger partial charge in [-0.3, -0.25) is 10.1 Å². The van der Waals surface area contributed by atoms with Crippen LogP contribution in [0.5, 0.6) is 0 Å². The van der Waals surface area contributed by atoms with Crippen LogP contribution < -0.4 is 5.32 Å². The quantitative estimate of drug-likeness (QED) is 0.838. The number of carbonyl (C=O) groups is 1. The molecule has 0 radical (unpaired) electrons. The summed E-state index contributed by atoms with van der Waals surface area (Å²) in [6, 6.07) is 4.12. The van der Waals surface area contributed by atoms with E-state index >= 15 is 0 Å². The largest absolute Gasteiger partial charge is 0.468 e. The third-order valence-corrected chi connectivity index (χ3v) is 4.63. The van der Waals surface area contributed by atoms with Crippen molar-refractivity contribution in [1.82, 2.24) is 5.32 Å². The van der Waals surface area contributed by atoms with Crippen LogP contribution in [0.4, 0.5) is 0 Å². The third-order valence-electron chi connectivity index (χ3n) is 3.76. The zero-order valence-electron chi connectivity index (χ0n) is 10.4. The van der Waals surface area contributed by atoms with Gasteiger partial charge in [0.15, 0.2) is 0 Å². The molecule has 0 amide bonds. The molecule has 2 atom stereocenters. The van der Waals surface area contributed by atoms with Crippen LogP contribution in [0.25, 0.3) is 0 Å². The minimum absolute atomic E-state index is 0.112. The summed E-state index contributed by atoms with van der Waals surface area (Å²) >= 11 is 1.71. The van der Waals surface area contributed by atoms with Crippen molar-refractivity contribution in [3.05, 3.63) is 22.4 Å². The number of hydrogen-bond donors (Lipinski definition) is 1. The number of esters is 1. The molecule has 0 bridgehead atoms. The van der Waals surface area contributed by atoms with Crippen LogP contribution in [0.3, 0.4) is 0 Å². The molecule has 0 aliphatic heterocycles. The van der Waals surface area contributed by atoms with Gasteiger partial charge < -0.3 is 4.74 Å². The molecular weight excluding hydrogens is 234 g/mol. The molecule has 1 aromatic rings. The molecule has 1 N–H and O–H groups in total. The summed E-state index contributed by atoms with van der Waals surface area (Å²) in [6.07, 6.45) is 3.06. The molecule has 2 unspecified atom stereocenters. The topological polar surface area (TPSA) is 38.3 Å². The van der Waals surface area contributed by atoms with Gasteiger partial charge in [-0.2, -0.15) is 0 Å². The minimum atomic E-state index is -0.473. The molecule has 94 valence electrons. The van der Waals surface area contributed by atoms with Gasteiger partial charge in [0.25, 0.3) is 0 Å². The van der Waals surface area contributed by atoms with E-state index in [0.717, 1.165) is 25.8 Å². The summed E-state index contributed by atoms with van der Waals surface area (Å²) in [4.78, 5) is 13.3. The molecule has 3 nitrogen and oxygen atoms in total. The molecule has 1 aliphatic carbocycles. The average Bonchev–Trinajstić information content (AvgIpc) is 2.96. The predicted molar refractivity (Wildman–Crippen MR) is 68.9 cm³/mol. The molecule has 2 rings (SSSR count). The molecular formula is C13H19NO2S. The first kappa shape index (κ1) is 12.6. The van der Waals surface area contributed by atoms with Crippen LogP contribution in [-0.4, -0.2) is 18.6 Å². The van der Waals surface area contributed by atoms with Crippen molar-refractivity contribution in [3.63, 3.8) is 0 Å². The summed E-state index contributed by atoms with van der Waals surface area (Å²) in [5.74, 6) is 0.231. The van der Waals surface area contributed by atoms with E-state index in [9.17, 15) is 4.79 Å². The van der Waals surface area contributed by atoms with E-state index in [4.69, 9.17) is 4.74 Å². The fraction of sp³-hybridized carbons (Fsp3) is 0.615. The van der Waals surface area contributed by atoms with Gasteiger partial charge in [0.05, 0.1) is 7.11 Å². The lowest BCUT2D eigenvalue weighted by molar-refractivity contribution is -0.150. The number of ether oxygens (including phenoxy) is 1. The molecule has 1 aliphatic rings. The molecule has 0 spiro atoms. The predicted octanol–water partition coefficient (Wildman–Crippen LogP) is 2.57. The molecule has 1 heterocycles. The Hall–Kier alpha value is -0.870. The average molecular weight is 253 g/mol. The monoisotopic (exact) mass is 253 g/mol.